The van der Waals surface area contributed by atoms with Gasteiger partial charge in [-0.05, 0) is 50.2 Å². The number of hydrogen-bond acceptors (Lipinski definition) is 5. The third kappa shape index (κ3) is 3.40. The predicted molar refractivity (Wildman–Crippen MR) is 85.7 cm³/mol. The lowest BCUT2D eigenvalue weighted by Gasteiger charge is -2.43. The van der Waals surface area contributed by atoms with Gasteiger partial charge in [0.15, 0.2) is 0 Å². The van der Waals surface area contributed by atoms with Crippen molar-refractivity contribution in [2.24, 2.45) is 0 Å². The van der Waals surface area contributed by atoms with Crippen molar-refractivity contribution in [1.29, 1.82) is 0 Å². The number of benzene rings is 1. The Morgan fingerprint density at radius 3 is 2.32 bits per heavy atom. The molecule has 0 aromatic heterocycles. The standard InChI is InChI=1S/C16H24N4O2/c21-13-20(15-1-3-16(22)4-2-15)19-11-9-18(10-12-19)14-5-7-17-8-6-14/h1-4,13-14,17,22H,5-12H2. The van der Waals surface area contributed by atoms with Gasteiger partial charge in [0.1, 0.15) is 5.75 Å². The average Bonchev–Trinajstić information content (AvgIpc) is 2.59. The summed E-state index contributed by atoms with van der Waals surface area (Å²) in [4.78, 5) is 14.0. The summed E-state index contributed by atoms with van der Waals surface area (Å²) in [5, 5.41) is 16.5. The number of hydrogen-bond donors (Lipinski definition) is 2. The lowest BCUT2D eigenvalue weighted by Crippen LogP contribution is -2.57. The number of nitrogens with one attached hydrogen (secondary N) is 1. The summed E-state index contributed by atoms with van der Waals surface area (Å²) < 4.78 is 0. The second kappa shape index (κ2) is 7.09. The number of nitrogens with zero attached hydrogens (tertiary/aromatic N) is 3. The summed E-state index contributed by atoms with van der Waals surface area (Å²) in [5.41, 5.74) is 0.795. The van der Waals surface area contributed by atoms with Crippen molar-refractivity contribution in [3.63, 3.8) is 0 Å². The second-order valence-electron chi connectivity index (χ2n) is 5.94. The van der Waals surface area contributed by atoms with Gasteiger partial charge in [-0.2, -0.15) is 0 Å². The molecule has 2 saturated heterocycles. The summed E-state index contributed by atoms with van der Waals surface area (Å²) in [6, 6.07) is 7.43. The molecule has 1 aromatic rings. The van der Waals surface area contributed by atoms with Crippen LogP contribution in [0.5, 0.6) is 5.75 Å². The van der Waals surface area contributed by atoms with Crippen LogP contribution in [0.3, 0.4) is 0 Å². The first kappa shape index (κ1) is 15.3. The van der Waals surface area contributed by atoms with Crippen molar-refractivity contribution in [1.82, 2.24) is 15.2 Å². The molecular weight excluding hydrogens is 280 g/mol. The molecule has 0 bridgehead atoms. The van der Waals surface area contributed by atoms with Gasteiger partial charge in [0.2, 0.25) is 6.41 Å². The number of phenolic OH excluding ortho intramolecular Hbond substituents is 1. The van der Waals surface area contributed by atoms with Gasteiger partial charge in [-0.15, -0.1) is 0 Å². The van der Waals surface area contributed by atoms with Gasteiger partial charge in [0.05, 0.1) is 5.69 Å². The molecule has 2 fully saturated rings. The Kier molecular flexibility index (Phi) is 4.92. The quantitative estimate of drug-likeness (QED) is 0.800. The van der Waals surface area contributed by atoms with Gasteiger partial charge in [0.25, 0.3) is 0 Å². The number of phenols is 1. The maximum Gasteiger partial charge on any atom is 0.228 e. The largest absolute Gasteiger partial charge is 0.508 e. The first-order chi connectivity index (χ1) is 10.8. The van der Waals surface area contributed by atoms with E-state index >= 15 is 0 Å². The molecule has 0 radical (unpaired) electrons. The number of hydrazine groups is 1. The van der Waals surface area contributed by atoms with E-state index in [0.717, 1.165) is 51.4 Å². The van der Waals surface area contributed by atoms with Crippen molar-refractivity contribution in [2.75, 3.05) is 44.3 Å². The molecule has 3 rings (SSSR count). The van der Waals surface area contributed by atoms with E-state index in [4.69, 9.17) is 0 Å². The minimum atomic E-state index is 0.213. The van der Waals surface area contributed by atoms with E-state index in [0.29, 0.717) is 6.04 Å². The number of piperidine rings is 1. The lowest BCUT2D eigenvalue weighted by molar-refractivity contribution is -0.110. The number of rotatable bonds is 4. The van der Waals surface area contributed by atoms with Crippen molar-refractivity contribution >= 4 is 12.1 Å². The van der Waals surface area contributed by atoms with E-state index < -0.39 is 0 Å². The number of carbonyl (C=O) groups excluding carboxylic acids is 1. The van der Waals surface area contributed by atoms with Crippen LogP contribution in [0.1, 0.15) is 12.8 Å². The molecule has 1 amide bonds. The van der Waals surface area contributed by atoms with Crippen LogP contribution in [0, 0.1) is 0 Å². The molecule has 0 aliphatic carbocycles. The van der Waals surface area contributed by atoms with Crippen molar-refractivity contribution in [3.05, 3.63) is 24.3 Å². The predicted octanol–water partition coefficient (Wildman–Crippen LogP) is 0.640. The van der Waals surface area contributed by atoms with E-state index in [1.807, 2.05) is 0 Å². The summed E-state index contributed by atoms with van der Waals surface area (Å²) >= 11 is 0. The van der Waals surface area contributed by atoms with Crippen molar-refractivity contribution < 1.29 is 9.90 Å². The van der Waals surface area contributed by atoms with Crippen molar-refractivity contribution in [3.8, 4) is 5.75 Å². The van der Waals surface area contributed by atoms with Gasteiger partial charge in [0, 0.05) is 32.2 Å². The first-order valence-corrected chi connectivity index (χ1v) is 8.01. The molecule has 2 N–H and O–H groups in total. The van der Waals surface area contributed by atoms with E-state index in [1.165, 1.54) is 12.8 Å². The number of amides is 1. The summed E-state index contributed by atoms with van der Waals surface area (Å²) in [5.74, 6) is 0.213. The maximum atomic E-state index is 11.5. The minimum absolute atomic E-state index is 0.213. The topological polar surface area (TPSA) is 59.1 Å². The first-order valence-electron chi connectivity index (χ1n) is 8.01. The monoisotopic (exact) mass is 304 g/mol. The second-order valence-corrected chi connectivity index (χ2v) is 5.94. The fourth-order valence-corrected chi connectivity index (χ4v) is 3.36. The Bertz CT molecular complexity index is 479. The van der Waals surface area contributed by atoms with Crippen LogP contribution in [0.4, 0.5) is 5.69 Å². The molecule has 0 atom stereocenters. The summed E-state index contributed by atoms with van der Waals surface area (Å²) in [6.07, 6.45) is 3.29. The van der Waals surface area contributed by atoms with Gasteiger partial charge < -0.3 is 10.4 Å². The van der Waals surface area contributed by atoms with Gasteiger partial charge in [-0.1, -0.05) is 0 Å². The Hall–Kier alpha value is -1.63. The highest BCUT2D eigenvalue weighted by Gasteiger charge is 2.27. The molecule has 0 spiro atoms. The molecule has 120 valence electrons. The molecule has 0 unspecified atom stereocenters. The van der Waals surface area contributed by atoms with Crippen molar-refractivity contribution in [2.45, 2.75) is 18.9 Å². The van der Waals surface area contributed by atoms with Crippen LogP contribution in [0.15, 0.2) is 24.3 Å². The van der Waals surface area contributed by atoms with Gasteiger partial charge >= 0.3 is 0 Å². The Morgan fingerprint density at radius 2 is 1.73 bits per heavy atom. The highest BCUT2D eigenvalue weighted by molar-refractivity contribution is 5.73. The Labute approximate surface area is 131 Å². The molecule has 2 aliphatic heterocycles. The third-order valence-electron chi connectivity index (χ3n) is 4.63. The third-order valence-corrected chi connectivity index (χ3v) is 4.63. The highest BCUT2D eigenvalue weighted by atomic mass is 16.3. The molecule has 6 heteroatoms. The zero-order valence-corrected chi connectivity index (χ0v) is 12.8. The number of piperazine rings is 1. The molecule has 0 saturated carbocycles. The number of carbonyl (C=O) groups is 1. The molecule has 22 heavy (non-hydrogen) atoms. The molecular formula is C16H24N4O2. The van der Waals surface area contributed by atoms with Crippen LogP contribution in [-0.2, 0) is 4.79 Å². The normalized spacial score (nSPS) is 21.6. The van der Waals surface area contributed by atoms with Crippen LogP contribution in [-0.4, -0.2) is 66.7 Å². The fourth-order valence-electron chi connectivity index (χ4n) is 3.36. The number of aromatic hydroxyl groups is 1. The lowest BCUT2D eigenvalue weighted by atomic mass is 10.0. The van der Waals surface area contributed by atoms with Gasteiger partial charge in [-0.3, -0.25) is 9.69 Å². The molecule has 6 nitrogen and oxygen atoms in total. The maximum absolute atomic E-state index is 11.5. The highest BCUT2D eigenvalue weighted by Crippen LogP contribution is 2.21. The van der Waals surface area contributed by atoms with Crippen LogP contribution in [0.25, 0.3) is 0 Å². The smallest absolute Gasteiger partial charge is 0.228 e. The van der Waals surface area contributed by atoms with Gasteiger partial charge in [-0.25, -0.2) is 10.0 Å². The molecule has 2 heterocycles. The zero-order valence-electron chi connectivity index (χ0n) is 12.8. The number of anilines is 1. The molecule has 2 aliphatic rings. The van der Waals surface area contributed by atoms with E-state index in [-0.39, 0.29) is 5.75 Å². The Morgan fingerprint density at radius 1 is 1.09 bits per heavy atom. The molecule has 1 aromatic carbocycles. The van der Waals surface area contributed by atoms with E-state index in [1.54, 1.807) is 29.3 Å². The van der Waals surface area contributed by atoms with E-state index in [2.05, 4.69) is 15.2 Å². The van der Waals surface area contributed by atoms with Crippen LogP contribution in [0.2, 0.25) is 0 Å². The SMILES string of the molecule is O=CN(c1ccc(O)cc1)N1CCN(C2CCNCC2)CC1. The average molecular weight is 304 g/mol. The summed E-state index contributed by atoms with van der Waals surface area (Å²) in [6.45, 7) is 5.91. The summed E-state index contributed by atoms with van der Waals surface area (Å²) in [7, 11) is 0. The Balaban J connectivity index is 1.59. The zero-order chi connectivity index (χ0) is 15.4. The van der Waals surface area contributed by atoms with Crippen LogP contribution >= 0.6 is 0 Å². The minimum Gasteiger partial charge on any atom is -0.508 e. The van der Waals surface area contributed by atoms with E-state index in [9.17, 15) is 9.90 Å². The van der Waals surface area contributed by atoms with Crippen LogP contribution < -0.4 is 10.3 Å². The fraction of sp³-hybridized carbons (Fsp3) is 0.562.